The molecular formula is C42H64N2O. The molecule has 0 aliphatic rings. The van der Waals surface area contributed by atoms with Crippen molar-refractivity contribution in [3.8, 4) is 0 Å². The van der Waals surface area contributed by atoms with Crippen LogP contribution in [0, 0.1) is 20.8 Å². The Hall–Kier alpha value is -3.59. The number of allylic oxidation sites excluding steroid dienone is 1. The number of nitrogens with one attached hydrogen (secondary N) is 1. The smallest absolute Gasteiger partial charge is 0.159 e. The normalized spacial score (nSPS) is 9.71. The van der Waals surface area contributed by atoms with Gasteiger partial charge in [0.1, 0.15) is 0 Å². The molecule has 0 spiro atoms. The van der Waals surface area contributed by atoms with Crippen LogP contribution < -0.4 is 10.2 Å². The number of rotatable bonds is 14. The number of hydrogen-bond donors (Lipinski definition) is 1. The molecule has 3 nitrogen and oxygen atoms in total. The van der Waals surface area contributed by atoms with Crippen molar-refractivity contribution in [2.75, 3.05) is 24.5 Å². The summed E-state index contributed by atoms with van der Waals surface area (Å²) in [6.07, 6.45) is 8.64. The molecule has 0 aromatic heterocycles. The summed E-state index contributed by atoms with van der Waals surface area (Å²) in [6.45, 7) is 30.2. The van der Waals surface area contributed by atoms with Crippen LogP contribution in [0.2, 0.25) is 0 Å². The maximum absolute atomic E-state index is 10.6. The van der Waals surface area contributed by atoms with Gasteiger partial charge in [0.05, 0.1) is 0 Å². The van der Waals surface area contributed by atoms with Gasteiger partial charge in [-0.15, -0.1) is 6.58 Å². The third kappa shape index (κ3) is 19.4. The van der Waals surface area contributed by atoms with Gasteiger partial charge in [-0.2, -0.15) is 0 Å². The van der Waals surface area contributed by atoms with Crippen molar-refractivity contribution >= 4 is 17.2 Å². The Bertz CT molecular complexity index is 1220. The fraction of sp³-hybridized carbons (Fsp3) is 0.452. The molecule has 0 amide bonds. The molecule has 0 fully saturated rings. The zero-order valence-corrected chi connectivity index (χ0v) is 30.3. The van der Waals surface area contributed by atoms with Gasteiger partial charge in [-0.05, 0) is 101 Å². The number of para-hydroxylation sites is 1. The fourth-order valence-electron chi connectivity index (χ4n) is 4.41. The minimum atomic E-state index is 0.121. The third-order valence-corrected chi connectivity index (χ3v) is 7.30. The van der Waals surface area contributed by atoms with Crippen molar-refractivity contribution in [2.45, 2.75) is 107 Å². The maximum atomic E-state index is 10.6. The van der Waals surface area contributed by atoms with Crippen LogP contribution in [-0.2, 0) is 0 Å². The lowest BCUT2D eigenvalue weighted by atomic mass is 10.0. The van der Waals surface area contributed by atoms with Gasteiger partial charge in [0.15, 0.2) is 5.78 Å². The van der Waals surface area contributed by atoms with Gasteiger partial charge in [0.2, 0.25) is 0 Å². The highest BCUT2D eigenvalue weighted by molar-refractivity contribution is 5.93. The predicted octanol–water partition coefficient (Wildman–Crippen LogP) is 11.9. The first kappa shape index (κ1) is 41.4. The highest BCUT2D eigenvalue weighted by Gasteiger charge is 2.05. The van der Waals surface area contributed by atoms with Gasteiger partial charge in [-0.3, -0.25) is 4.79 Å². The number of aryl methyl sites for hydroxylation is 3. The lowest BCUT2D eigenvalue weighted by Gasteiger charge is -2.25. The summed E-state index contributed by atoms with van der Waals surface area (Å²) in [5.74, 6) is 0.121. The van der Waals surface area contributed by atoms with Crippen molar-refractivity contribution in [1.29, 1.82) is 0 Å². The average Bonchev–Trinajstić information content (AvgIpc) is 3.03. The first-order valence-electron chi connectivity index (χ1n) is 17.0. The Morgan fingerprint density at radius 3 is 1.69 bits per heavy atom. The topological polar surface area (TPSA) is 32.3 Å². The summed E-state index contributed by atoms with van der Waals surface area (Å²) in [5, 5.41) is 3.35. The molecule has 3 heteroatoms. The van der Waals surface area contributed by atoms with Crippen LogP contribution in [0.4, 0.5) is 5.69 Å². The van der Waals surface area contributed by atoms with Gasteiger partial charge >= 0.3 is 0 Å². The quantitative estimate of drug-likeness (QED) is 0.112. The van der Waals surface area contributed by atoms with Crippen LogP contribution in [-0.4, -0.2) is 25.4 Å². The van der Waals surface area contributed by atoms with E-state index in [4.69, 9.17) is 0 Å². The Balaban J connectivity index is 0.000000598. The fourth-order valence-corrected chi connectivity index (χ4v) is 4.41. The number of benzene rings is 3. The Morgan fingerprint density at radius 2 is 1.24 bits per heavy atom. The van der Waals surface area contributed by atoms with Gasteiger partial charge in [0, 0.05) is 36.6 Å². The van der Waals surface area contributed by atoms with Crippen LogP contribution >= 0.6 is 0 Å². The first-order valence-corrected chi connectivity index (χ1v) is 17.0. The van der Waals surface area contributed by atoms with E-state index in [9.17, 15) is 4.79 Å². The third-order valence-electron chi connectivity index (χ3n) is 7.30. The van der Waals surface area contributed by atoms with E-state index in [-0.39, 0.29) is 5.78 Å². The second-order valence-electron chi connectivity index (χ2n) is 11.8. The number of anilines is 1. The molecule has 45 heavy (non-hydrogen) atoms. The summed E-state index contributed by atoms with van der Waals surface area (Å²) in [6, 6.07) is 24.3. The van der Waals surface area contributed by atoms with E-state index in [2.05, 4.69) is 121 Å². The molecule has 0 heterocycles. The molecule has 0 unspecified atom stereocenters. The molecule has 3 aromatic carbocycles. The number of Topliss-reactive ketones (excluding diaryl/α,β-unsaturated/α-hetero) is 1. The molecular weight excluding hydrogens is 548 g/mol. The van der Waals surface area contributed by atoms with Crippen molar-refractivity contribution < 1.29 is 4.79 Å². The highest BCUT2D eigenvalue weighted by Crippen LogP contribution is 2.19. The number of nitrogens with zero attached hydrogens (tertiary/aromatic N) is 1. The summed E-state index contributed by atoms with van der Waals surface area (Å²) < 4.78 is 0. The molecule has 0 saturated carbocycles. The van der Waals surface area contributed by atoms with Crippen LogP contribution in [0.3, 0.4) is 0 Å². The predicted molar refractivity (Wildman–Crippen MR) is 203 cm³/mol. The number of unbranched alkanes of at least 4 members (excludes halogenated alkanes) is 2. The number of hydrogen-bond acceptors (Lipinski definition) is 3. The summed E-state index contributed by atoms with van der Waals surface area (Å²) >= 11 is 0. The number of carbonyl (C=O) groups excluding carboxylic acids is 1. The molecule has 0 bridgehead atoms. The summed E-state index contributed by atoms with van der Waals surface area (Å²) in [5.41, 5.74) is 9.76. The van der Waals surface area contributed by atoms with Crippen molar-refractivity contribution in [1.82, 2.24) is 5.32 Å². The molecule has 0 atom stereocenters. The second kappa shape index (κ2) is 25.7. The molecule has 1 N–H and O–H groups in total. The summed E-state index contributed by atoms with van der Waals surface area (Å²) in [4.78, 5) is 13.1. The van der Waals surface area contributed by atoms with E-state index >= 15 is 0 Å². The van der Waals surface area contributed by atoms with Gasteiger partial charge in [0.25, 0.3) is 0 Å². The van der Waals surface area contributed by atoms with E-state index in [0.29, 0.717) is 0 Å². The Morgan fingerprint density at radius 1 is 0.667 bits per heavy atom. The molecule has 3 aromatic rings. The summed E-state index contributed by atoms with van der Waals surface area (Å²) in [7, 11) is 0. The SMILES string of the molecule is C=C(C)CCCC.C=C(NCCCC)c1ccc(C)c(C)c1.CC(=O)c1ccccc1.CCCN(CCC)c1ccccc1C. The van der Waals surface area contributed by atoms with E-state index in [1.807, 2.05) is 30.3 Å². The minimum absolute atomic E-state index is 0.121. The Labute approximate surface area is 277 Å². The van der Waals surface area contributed by atoms with Crippen molar-refractivity contribution in [3.05, 3.63) is 119 Å². The first-order chi connectivity index (χ1) is 21.5. The molecule has 248 valence electrons. The lowest BCUT2D eigenvalue weighted by molar-refractivity contribution is 0.101. The van der Waals surface area contributed by atoms with Crippen LogP contribution in [0.25, 0.3) is 5.70 Å². The van der Waals surface area contributed by atoms with E-state index in [1.54, 1.807) is 6.92 Å². The van der Waals surface area contributed by atoms with E-state index in [0.717, 1.165) is 17.8 Å². The van der Waals surface area contributed by atoms with Crippen molar-refractivity contribution in [2.24, 2.45) is 0 Å². The maximum Gasteiger partial charge on any atom is 0.159 e. The van der Waals surface area contributed by atoms with Crippen LogP contribution in [0.1, 0.15) is 119 Å². The molecule has 3 rings (SSSR count). The van der Waals surface area contributed by atoms with Gasteiger partial charge in [-0.1, -0.05) is 113 Å². The highest BCUT2D eigenvalue weighted by atomic mass is 16.1. The Kier molecular flexibility index (Phi) is 23.7. The van der Waals surface area contributed by atoms with E-state index < -0.39 is 0 Å². The average molecular weight is 613 g/mol. The zero-order valence-electron chi connectivity index (χ0n) is 30.3. The van der Waals surface area contributed by atoms with E-state index in [1.165, 1.54) is 91.5 Å². The lowest BCUT2D eigenvalue weighted by Crippen LogP contribution is -2.25. The number of carbonyl (C=O) groups is 1. The standard InChI is InChI=1S/C14H21N.C13H21N.C8H8O.C7H14/c1-5-6-9-15-13(4)14-8-7-11(2)12(3)10-14;1-4-10-14(11-5-2)13-9-7-6-8-12(13)3;1-7(9)8-5-3-2-4-6-8;1-4-5-6-7(2)3/h7-8,10,15H,4-6,9H2,1-3H3;6-9H,4-5,10-11H2,1-3H3;2-6H,1H3;2,4-6H2,1,3H3. The largest absolute Gasteiger partial charge is 0.385 e. The van der Waals surface area contributed by atoms with Gasteiger partial charge in [-0.25, -0.2) is 0 Å². The van der Waals surface area contributed by atoms with Crippen LogP contribution in [0.5, 0.6) is 0 Å². The molecule has 0 aliphatic heterocycles. The molecule has 0 aliphatic carbocycles. The minimum Gasteiger partial charge on any atom is -0.385 e. The second-order valence-corrected chi connectivity index (χ2v) is 11.8. The zero-order chi connectivity index (χ0) is 34.0. The van der Waals surface area contributed by atoms with Gasteiger partial charge < -0.3 is 10.2 Å². The number of ketones is 1. The molecule has 0 radical (unpaired) electrons. The monoisotopic (exact) mass is 613 g/mol. The molecule has 0 saturated heterocycles. The van der Waals surface area contributed by atoms with Crippen molar-refractivity contribution in [3.63, 3.8) is 0 Å². The van der Waals surface area contributed by atoms with Crippen LogP contribution in [0.15, 0.2) is 91.5 Å².